The molecular formula is C22H37N7O4. The lowest BCUT2D eigenvalue weighted by atomic mass is 10.1. The van der Waals surface area contributed by atoms with Gasteiger partial charge in [0.1, 0.15) is 5.60 Å². The first kappa shape index (κ1) is 24.8. The predicted octanol–water partition coefficient (Wildman–Crippen LogP) is 2.59. The molecule has 1 aliphatic rings. The number of nitrogens with zero attached hydrogens (tertiary/aromatic N) is 5. The molecule has 33 heavy (non-hydrogen) atoms. The van der Waals surface area contributed by atoms with Crippen LogP contribution in [0.15, 0.2) is 0 Å². The summed E-state index contributed by atoms with van der Waals surface area (Å²) in [5.74, 6) is 0.276. The second-order valence-corrected chi connectivity index (χ2v) is 9.28. The predicted molar refractivity (Wildman–Crippen MR) is 126 cm³/mol. The number of imidazole rings is 1. The van der Waals surface area contributed by atoms with Crippen molar-refractivity contribution in [2.75, 3.05) is 39.1 Å². The third-order valence-electron chi connectivity index (χ3n) is 5.43. The number of piperidine rings is 1. The number of unbranched alkanes of at least 4 members (excludes halogenated alkanes) is 1. The Balaban J connectivity index is 1.60. The molecule has 0 saturated carbocycles. The zero-order valence-electron chi connectivity index (χ0n) is 20.4. The molecule has 0 atom stereocenters. The number of likely N-dealkylation sites (tertiary alicyclic amines) is 1. The van der Waals surface area contributed by atoms with Gasteiger partial charge >= 0.3 is 12.1 Å². The summed E-state index contributed by atoms with van der Waals surface area (Å²) in [6.07, 6.45) is 3.32. The van der Waals surface area contributed by atoms with Gasteiger partial charge in [-0.3, -0.25) is 4.57 Å². The Morgan fingerprint density at radius 3 is 2.55 bits per heavy atom. The molecule has 1 amide bonds. The van der Waals surface area contributed by atoms with Gasteiger partial charge in [0.25, 0.3) is 6.01 Å². The molecule has 3 rings (SSSR count). The minimum Gasteiger partial charge on any atom is -0.468 e. The Hall–Kier alpha value is -2.82. The lowest BCUT2D eigenvalue weighted by Crippen LogP contribution is -2.46. The molecule has 1 aliphatic heterocycles. The molecule has 1 fully saturated rings. The Kier molecular flexibility index (Phi) is 8.17. The minimum absolute atomic E-state index is 0.120. The van der Waals surface area contributed by atoms with Crippen LogP contribution in [0.4, 0.5) is 10.6 Å². The standard InChI is InChI=1S/C22H37N7O4/c1-6-7-14-32-19-26-17(23)16-18(27-19)29(20(25-16)31-5)13-12-28-10-8-15(9-11-28)24-21(30)33-22(2,3)4/h15H,6-14H2,1-5H3,(H,24,30)(H2,23,26,27). The highest BCUT2D eigenvalue weighted by Gasteiger charge is 2.24. The van der Waals surface area contributed by atoms with Gasteiger partial charge < -0.3 is 30.2 Å². The zero-order chi connectivity index (χ0) is 24.0. The summed E-state index contributed by atoms with van der Waals surface area (Å²) in [7, 11) is 1.58. The minimum atomic E-state index is -0.495. The van der Waals surface area contributed by atoms with Gasteiger partial charge in [0.15, 0.2) is 17.0 Å². The van der Waals surface area contributed by atoms with E-state index in [4.69, 9.17) is 19.9 Å². The van der Waals surface area contributed by atoms with Crippen molar-refractivity contribution in [2.45, 2.75) is 71.6 Å². The normalized spacial score (nSPS) is 15.5. The maximum absolute atomic E-state index is 12.0. The van der Waals surface area contributed by atoms with Gasteiger partial charge in [-0.25, -0.2) is 4.79 Å². The van der Waals surface area contributed by atoms with Crippen LogP contribution in [-0.2, 0) is 11.3 Å². The molecule has 0 aromatic carbocycles. The fourth-order valence-corrected chi connectivity index (χ4v) is 3.73. The highest BCUT2D eigenvalue weighted by atomic mass is 16.6. The highest BCUT2D eigenvalue weighted by Crippen LogP contribution is 2.25. The molecule has 3 heterocycles. The molecule has 0 spiro atoms. The molecule has 3 N–H and O–H groups in total. The number of alkyl carbamates (subject to hydrolysis) is 1. The topological polar surface area (TPSA) is 130 Å². The SMILES string of the molecule is CCCCOc1nc(N)c2nc(OC)n(CCN3CCC(NC(=O)OC(C)(C)C)CC3)c2n1. The number of carbonyl (C=O) groups is 1. The molecular weight excluding hydrogens is 426 g/mol. The van der Waals surface area contributed by atoms with Crippen molar-refractivity contribution >= 4 is 23.1 Å². The fraction of sp³-hybridized carbons (Fsp3) is 0.727. The maximum Gasteiger partial charge on any atom is 0.407 e. The Labute approximate surface area is 195 Å². The molecule has 0 unspecified atom stereocenters. The summed E-state index contributed by atoms with van der Waals surface area (Å²) in [4.78, 5) is 27.6. The molecule has 2 aromatic rings. The van der Waals surface area contributed by atoms with E-state index >= 15 is 0 Å². The molecule has 0 bridgehead atoms. The van der Waals surface area contributed by atoms with Gasteiger partial charge in [-0.1, -0.05) is 13.3 Å². The number of rotatable bonds is 9. The van der Waals surface area contributed by atoms with E-state index in [2.05, 4.69) is 32.1 Å². The largest absolute Gasteiger partial charge is 0.468 e. The number of nitrogens with two attached hydrogens (primary N) is 1. The van der Waals surface area contributed by atoms with E-state index in [1.54, 1.807) is 7.11 Å². The number of aromatic nitrogens is 4. The van der Waals surface area contributed by atoms with Crippen molar-refractivity contribution in [2.24, 2.45) is 0 Å². The van der Waals surface area contributed by atoms with Gasteiger partial charge in [-0.2, -0.15) is 15.0 Å². The quantitative estimate of drug-likeness (QED) is 0.539. The second kappa shape index (κ2) is 10.9. The van der Waals surface area contributed by atoms with Crippen LogP contribution in [0.2, 0.25) is 0 Å². The van der Waals surface area contributed by atoms with Gasteiger partial charge in [0, 0.05) is 32.2 Å². The first-order valence-corrected chi connectivity index (χ1v) is 11.6. The lowest BCUT2D eigenvalue weighted by Gasteiger charge is -2.32. The molecule has 1 saturated heterocycles. The van der Waals surface area contributed by atoms with E-state index < -0.39 is 5.60 Å². The average Bonchev–Trinajstić information content (AvgIpc) is 3.10. The van der Waals surface area contributed by atoms with E-state index in [9.17, 15) is 4.79 Å². The lowest BCUT2D eigenvalue weighted by molar-refractivity contribution is 0.0478. The molecule has 11 heteroatoms. The monoisotopic (exact) mass is 463 g/mol. The van der Waals surface area contributed by atoms with Crippen LogP contribution >= 0.6 is 0 Å². The van der Waals surface area contributed by atoms with E-state index in [0.717, 1.165) is 45.3 Å². The van der Waals surface area contributed by atoms with Crippen molar-refractivity contribution in [3.63, 3.8) is 0 Å². The number of nitrogen functional groups attached to an aromatic ring is 1. The Morgan fingerprint density at radius 1 is 1.18 bits per heavy atom. The molecule has 0 radical (unpaired) electrons. The van der Waals surface area contributed by atoms with Gasteiger partial charge in [-0.15, -0.1) is 0 Å². The van der Waals surface area contributed by atoms with Crippen LogP contribution in [-0.4, -0.2) is 75.5 Å². The van der Waals surface area contributed by atoms with Gasteiger partial charge in [0.05, 0.1) is 13.7 Å². The average molecular weight is 464 g/mol. The molecule has 2 aromatic heterocycles. The third-order valence-corrected chi connectivity index (χ3v) is 5.43. The molecule has 11 nitrogen and oxygen atoms in total. The smallest absolute Gasteiger partial charge is 0.407 e. The van der Waals surface area contributed by atoms with Gasteiger partial charge in [0.2, 0.25) is 0 Å². The number of fused-ring (bicyclic) bond motifs is 1. The summed E-state index contributed by atoms with van der Waals surface area (Å²) in [6.45, 7) is 11.4. The van der Waals surface area contributed by atoms with Crippen LogP contribution in [0.25, 0.3) is 11.2 Å². The van der Waals surface area contributed by atoms with Crippen LogP contribution < -0.4 is 20.5 Å². The number of anilines is 1. The van der Waals surface area contributed by atoms with Crippen LogP contribution in [0.1, 0.15) is 53.4 Å². The Bertz CT molecular complexity index is 933. The summed E-state index contributed by atoms with van der Waals surface area (Å²) < 4.78 is 18.4. The number of nitrogens with one attached hydrogen (secondary N) is 1. The van der Waals surface area contributed by atoms with Crippen LogP contribution in [0, 0.1) is 0 Å². The van der Waals surface area contributed by atoms with E-state index in [1.807, 2.05) is 25.3 Å². The van der Waals surface area contributed by atoms with E-state index in [-0.39, 0.29) is 24.0 Å². The fourth-order valence-electron chi connectivity index (χ4n) is 3.73. The van der Waals surface area contributed by atoms with E-state index in [1.165, 1.54) is 0 Å². The number of hydrogen-bond donors (Lipinski definition) is 2. The highest BCUT2D eigenvalue weighted by molar-refractivity contribution is 5.83. The molecule has 0 aliphatic carbocycles. The first-order valence-electron chi connectivity index (χ1n) is 11.6. The van der Waals surface area contributed by atoms with Crippen LogP contribution in [0.5, 0.6) is 12.0 Å². The van der Waals surface area contributed by atoms with Crippen molar-refractivity contribution in [3.05, 3.63) is 0 Å². The zero-order valence-corrected chi connectivity index (χ0v) is 20.4. The van der Waals surface area contributed by atoms with Crippen LogP contribution in [0.3, 0.4) is 0 Å². The Morgan fingerprint density at radius 2 is 1.91 bits per heavy atom. The third kappa shape index (κ3) is 6.83. The van der Waals surface area contributed by atoms with Crippen molar-refractivity contribution in [3.8, 4) is 12.0 Å². The number of amides is 1. The summed E-state index contributed by atoms with van der Waals surface area (Å²) in [5.41, 5.74) is 6.73. The number of methoxy groups -OCH3 is 1. The molecule has 184 valence electrons. The number of carbonyl (C=O) groups excluding carboxylic acids is 1. The summed E-state index contributed by atoms with van der Waals surface area (Å²) in [6, 6.07) is 0.819. The van der Waals surface area contributed by atoms with E-state index in [0.29, 0.717) is 30.3 Å². The first-order chi connectivity index (χ1) is 15.7. The maximum atomic E-state index is 12.0. The van der Waals surface area contributed by atoms with Crippen molar-refractivity contribution in [1.29, 1.82) is 0 Å². The van der Waals surface area contributed by atoms with Crippen molar-refractivity contribution < 1.29 is 19.0 Å². The number of ether oxygens (including phenoxy) is 3. The summed E-state index contributed by atoms with van der Waals surface area (Å²) >= 11 is 0. The van der Waals surface area contributed by atoms with Crippen molar-refractivity contribution in [1.82, 2.24) is 29.7 Å². The summed E-state index contributed by atoms with van der Waals surface area (Å²) in [5, 5.41) is 2.97. The van der Waals surface area contributed by atoms with Gasteiger partial charge in [-0.05, 0) is 40.0 Å². The number of hydrogen-bond acceptors (Lipinski definition) is 9. The second-order valence-electron chi connectivity index (χ2n) is 9.28.